The first kappa shape index (κ1) is 42.0. The third-order valence-corrected chi connectivity index (χ3v) is 8.44. The summed E-state index contributed by atoms with van der Waals surface area (Å²) >= 11 is 7.86. The van der Waals surface area contributed by atoms with Gasteiger partial charge in [0.05, 0.1) is 13.0 Å². The summed E-state index contributed by atoms with van der Waals surface area (Å²) in [5.74, 6) is -2.32. The maximum atomic E-state index is 14.0. The minimum atomic E-state index is -4.46. The maximum absolute atomic E-state index is 14.0. The number of rotatable bonds is 17. The van der Waals surface area contributed by atoms with Crippen LogP contribution < -0.4 is 15.4 Å². The number of thiol groups is 1. The van der Waals surface area contributed by atoms with Gasteiger partial charge in [-0.3, -0.25) is 9.59 Å². The van der Waals surface area contributed by atoms with Gasteiger partial charge in [0.1, 0.15) is 11.3 Å². The highest BCUT2D eigenvalue weighted by Crippen LogP contribution is 2.31. The Balaban J connectivity index is 3.13. The number of benzene rings is 1. The van der Waals surface area contributed by atoms with Crippen molar-refractivity contribution >= 4 is 46.1 Å². The van der Waals surface area contributed by atoms with E-state index in [1.165, 1.54) is 12.2 Å². The van der Waals surface area contributed by atoms with Gasteiger partial charge in [-0.25, -0.2) is 0 Å². The van der Waals surface area contributed by atoms with Crippen LogP contribution in [0.5, 0.6) is 5.75 Å². The van der Waals surface area contributed by atoms with Gasteiger partial charge in [-0.2, -0.15) is 13.2 Å². The number of carbonyl (C=O) groups excluding carboxylic acids is 2. The molecule has 1 aromatic rings. The molecule has 0 saturated carbocycles. The molecule has 47 heavy (non-hydrogen) atoms. The Morgan fingerprint density at radius 2 is 1.70 bits per heavy atom. The lowest BCUT2D eigenvalue weighted by Gasteiger charge is -2.29. The van der Waals surface area contributed by atoms with Gasteiger partial charge in [0.15, 0.2) is 0 Å². The van der Waals surface area contributed by atoms with E-state index in [0.717, 1.165) is 33.0 Å². The normalized spacial score (nSPS) is 16.5. The second kappa shape index (κ2) is 20.4. The average Bonchev–Trinajstić information content (AvgIpc) is 3.00. The number of alkyl halides is 3. The molecule has 0 bridgehead atoms. The lowest BCUT2D eigenvalue weighted by Crippen LogP contribution is -2.54. The molecule has 3 atom stereocenters. The largest absolute Gasteiger partial charge is 0.497 e. The van der Waals surface area contributed by atoms with Crippen molar-refractivity contribution in [2.75, 3.05) is 12.4 Å². The summed E-state index contributed by atoms with van der Waals surface area (Å²) in [6.45, 7) is 12.8. The molecule has 0 aliphatic carbocycles. The molecule has 5 nitrogen and oxygen atoms in total. The van der Waals surface area contributed by atoms with Crippen molar-refractivity contribution < 1.29 is 27.5 Å². The standard InChI is InChI=1S/C37H50BrF3N2O3S/c1-9-23-36(7,35(45)42-30-19-21-31(46-8)22-20-30)43-34(44)26(5)15-16-28(24-27(6)38)17-18-29(37(39,40)41)14-12-13-25(4)32(10-2)33(47)11-3/h11-12,14-15,17-22,24,28-29,47H,9-10,13,16,23H2,1-8H3,(H,42,45)(H,43,44)/b14-12+,18-17+,26-15+,27-24+,32-25-,33-11+. The number of methoxy groups -OCH3 is 1. The molecular weight excluding hydrogens is 689 g/mol. The number of ether oxygens (including phenoxy) is 1. The molecule has 2 amide bonds. The van der Waals surface area contributed by atoms with Crippen LogP contribution >= 0.6 is 28.6 Å². The Bertz CT molecular complexity index is 1370. The Morgan fingerprint density at radius 3 is 2.21 bits per heavy atom. The first-order chi connectivity index (χ1) is 22.0. The van der Waals surface area contributed by atoms with Gasteiger partial charge in [-0.1, -0.05) is 84.3 Å². The van der Waals surface area contributed by atoms with E-state index in [4.69, 9.17) is 4.74 Å². The summed E-state index contributed by atoms with van der Waals surface area (Å²) in [4.78, 5) is 27.3. The first-order valence-electron chi connectivity index (χ1n) is 15.8. The summed E-state index contributed by atoms with van der Waals surface area (Å²) < 4.78 is 47.9. The first-order valence-corrected chi connectivity index (χ1v) is 17.0. The Morgan fingerprint density at radius 1 is 1.06 bits per heavy atom. The van der Waals surface area contributed by atoms with Gasteiger partial charge in [0, 0.05) is 16.2 Å². The van der Waals surface area contributed by atoms with Crippen LogP contribution in [0.2, 0.25) is 0 Å². The zero-order chi connectivity index (χ0) is 35.8. The van der Waals surface area contributed by atoms with Crippen molar-refractivity contribution in [3.05, 3.63) is 92.9 Å². The van der Waals surface area contributed by atoms with Crippen molar-refractivity contribution in [1.82, 2.24) is 5.32 Å². The monoisotopic (exact) mass is 738 g/mol. The topological polar surface area (TPSA) is 67.4 Å². The lowest BCUT2D eigenvalue weighted by molar-refractivity contribution is -0.148. The van der Waals surface area contributed by atoms with Crippen molar-refractivity contribution in [3.8, 4) is 5.75 Å². The van der Waals surface area contributed by atoms with Gasteiger partial charge in [0.25, 0.3) is 0 Å². The van der Waals surface area contributed by atoms with E-state index in [1.807, 2.05) is 33.8 Å². The van der Waals surface area contributed by atoms with E-state index < -0.39 is 29.5 Å². The zero-order valence-corrected chi connectivity index (χ0v) is 31.2. The minimum absolute atomic E-state index is 0.283. The van der Waals surface area contributed by atoms with Crippen LogP contribution in [0, 0.1) is 11.8 Å². The van der Waals surface area contributed by atoms with Crippen molar-refractivity contribution in [2.24, 2.45) is 11.8 Å². The van der Waals surface area contributed by atoms with Crippen LogP contribution in [0.25, 0.3) is 0 Å². The quantitative estimate of drug-likeness (QED) is 0.0645. The molecule has 0 aliphatic rings. The smallest absolute Gasteiger partial charge is 0.398 e. The summed E-state index contributed by atoms with van der Waals surface area (Å²) in [6, 6.07) is 6.88. The summed E-state index contributed by atoms with van der Waals surface area (Å²) in [6.07, 6.45) is 8.76. The van der Waals surface area contributed by atoms with Crippen LogP contribution in [0.3, 0.4) is 0 Å². The van der Waals surface area contributed by atoms with Crippen molar-refractivity contribution in [2.45, 2.75) is 92.3 Å². The van der Waals surface area contributed by atoms with Crippen molar-refractivity contribution in [1.29, 1.82) is 0 Å². The van der Waals surface area contributed by atoms with E-state index in [0.29, 0.717) is 36.3 Å². The maximum Gasteiger partial charge on any atom is 0.398 e. The molecule has 10 heteroatoms. The van der Waals surface area contributed by atoms with Crippen molar-refractivity contribution in [3.63, 3.8) is 0 Å². The Hall–Kier alpha value is -2.98. The molecule has 0 spiro atoms. The summed E-state index contributed by atoms with van der Waals surface area (Å²) in [5, 5.41) is 5.72. The SMILES string of the molecule is C/C=C(S)\C(CC)=C(\C)C/C=C/C(/C=C/C(/C=C(\C)Br)C/C=C(\C)C(=O)NC(C)(CCC)C(=O)Nc1ccc(OC)cc1)C(F)(F)F. The van der Waals surface area contributed by atoms with Crippen LogP contribution in [0.4, 0.5) is 18.9 Å². The zero-order valence-electron chi connectivity index (χ0n) is 28.7. The van der Waals surface area contributed by atoms with E-state index in [1.54, 1.807) is 70.4 Å². The van der Waals surface area contributed by atoms with E-state index in [9.17, 15) is 22.8 Å². The molecule has 0 radical (unpaired) electrons. The molecule has 0 heterocycles. The third-order valence-electron chi connectivity index (χ3n) is 7.65. The molecule has 0 saturated heterocycles. The predicted octanol–water partition coefficient (Wildman–Crippen LogP) is 10.8. The Labute approximate surface area is 293 Å². The van der Waals surface area contributed by atoms with Crippen LogP contribution in [0.15, 0.2) is 92.9 Å². The molecule has 3 unspecified atom stereocenters. The van der Waals surface area contributed by atoms with Gasteiger partial charge in [0.2, 0.25) is 11.8 Å². The van der Waals surface area contributed by atoms with Crippen LogP contribution in [0.1, 0.15) is 80.6 Å². The molecule has 1 rings (SSSR count). The minimum Gasteiger partial charge on any atom is -0.497 e. The van der Waals surface area contributed by atoms with E-state index in [2.05, 4.69) is 39.2 Å². The molecule has 0 aliphatic heterocycles. The number of allylic oxidation sites excluding steroid dienone is 10. The number of hydrogen-bond acceptors (Lipinski definition) is 4. The van der Waals surface area contributed by atoms with Gasteiger partial charge in [-0.05, 0) is 101 Å². The second-order valence-electron chi connectivity index (χ2n) is 11.6. The van der Waals surface area contributed by atoms with E-state index in [-0.39, 0.29) is 12.3 Å². The van der Waals surface area contributed by atoms with E-state index >= 15 is 0 Å². The molecule has 0 fully saturated rings. The van der Waals surface area contributed by atoms with Gasteiger partial charge < -0.3 is 15.4 Å². The van der Waals surface area contributed by atoms with Crippen LogP contribution in [-0.2, 0) is 9.59 Å². The second-order valence-corrected chi connectivity index (χ2v) is 13.4. The number of carbonyl (C=O) groups is 2. The molecule has 260 valence electrons. The van der Waals surface area contributed by atoms with Gasteiger partial charge in [-0.15, -0.1) is 12.6 Å². The number of halogens is 4. The number of amides is 2. The molecule has 2 N–H and O–H groups in total. The summed E-state index contributed by atoms with van der Waals surface area (Å²) in [5.41, 5.74) is 1.73. The predicted molar refractivity (Wildman–Crippen MR) is 196 cm³/mol. The third kappa shape index (κ3) is 14.8. The molecular formula is C37H50BrF3N2O3S. The fourth-order valence-corrected chi connectivity index (χ4v) is 5.55. The number of anilines is 1. The highest BCUT2D eigenvalue weighted by atomic mass is 79.9. The number of nitrogens with one attached hydrogen (secondary N) is 2. The average molecular weight is 740 g/mol. The highest BCUT2D eigenvalue weighted by molar-refractivity contribution is 9.11. The lowest BCUT2D eigenvalue weighted by atomic mass is 9.93. The Kier molecular flexibility index (Phi) is 18.2. The van der Waals surface area contributed by atoms with Crippen LogP contribution in [-0.4, -0.2) is 30.6 Å². The molecule has 1 aromatic carbocycles. The fourth-order valence-electron chi connectivity index (χ4n) is 4.86. The number of hydrogen-bond donors (Lipinski definition) is 3. The highest BCUT2D eigenvalue weighted by Gasteiger charge is 2.36. The van der Waals surface area contributed by atoms with Gasteiger partial charge >= 0.3 is 6.18 Å². The fraction of sp³-hybridized carbons (Fsp3) is 0.459. The molecule has 0 aromatic heterocycles. The summed E-state index contributed by atoms with van der Waals surface area (Å²) in [7, 11) is 1.55.